The molecule has 28 heavy (non-hydrogen) atoms. The minimum absolute atomic E-state index is 0.146. The molecule has 0 aliphatic carbocycles. The standard InChI is InChI=1S/C23H19FN4/c24-19-12-8-16(9-13-19)14-15-6-10-17(11-7-15)20-21(18-4-2-1-3-5-18)27-23(26)28-22(20)25/h1-13H,14H2,(H4,25,26,27,28). The number of halogens is 1. The quantitative estimate of drug-likeness (QED) is 0.546. The summed E-state index contributed by atoms with van der Waals surface area (Å²) >= 11 is 0. The van der Waals surface area contributed by atoms with E-state index in [-0.39, 0.29) is 11.8 Å². The Morgan fingerprint density at radius 3 is 1.93 bits per heavy atom. The number of aromatic nitrogens is 2. The number of nitrogens with zero attached hydrogens (tertiary/aromatic N) is 2. The van der Waals surface area contributed by atoms with E-state index in [0.717, 1.165) is 34.2 Å². The first-order valence-corrected chi connectivity index (χ1v) is 8.92. The topological polar surface area (TPSA) is 77.8 Å². The summed E-state index contributed by atoms with van der Waals surface area (Å²) in [5.41, 5.74) is 17.5. The molecule has 0 aliphatic heterocycles. The molecule has 1 aromatic heterocycles. The van der Waals surface area contributed by atoms with Crippen molar-refractivity contribution in [2.24, 2.45) is 0 Å². The third-order valence-corrected chi connectivity index (χ3v) is 4.57. The van der Waals surface area contributed by atoms with Crippen LogP contribution in [0.2, 0.25) is 0 Å². The average molecular weight is 370 g/mol. The number of anilines is 2. The lowest BCUT2D eigenvalue weighted by Gasteiger charge is -2.13. The zero-order chi connectivity index (χ0) is 19.5. The first kappa shape index (κ1) is 17.7. The summed E-state index contributed by atoms with van der Waals surface area (Å²) < 4.78 is 13.1. The molecule has 0 spiro atoms. The molecule has 4 nitrogen and oxygen atoms in total. The maximum absolute atomic E-state index is 13.1. The summed E-state index contributed by atoms with van der Waals surface area (Å²) in [4.78, 5) is 8.57. The van der Waals surface area contributed by atoms with E-state index in [2.05, 4.69) is 9.97 Å². The van der Waals surface area contributed by atoms with Crippen molar-refractivity contribution in [3.63, 3.8) is 0 Å². The van der Waals surface area contributed by atoms with Crippen LogP contribution in [0.15, 0.2) is 78.9 Å². The lowest BCUT2D eigenvalue weighted by Crippen LogP contribution is -2.04. The van der Waals surface area contributed by atoms with Gasteiger partial charge in [-0.15, -0.1) is 0 Å². The predicted molar refractivity (Wildman–Crippen MR) is 111 cm³/mol. The van der Waals surface area contributed by atoms with Crippen molar-refractivity contribution in [2.75, 3.05) is 11.5 Å². The summed E-state index contributed by atoms with van der Waals surface area (Å²) in [6.07, 6.45) is 0.722. The molecule has 0 saturated heterocycles. The molecule has 3 aromatic carbocycles. The zero-order valence-electron chi connectivity index (χ0n) is 15.1. The van der Waals surface area contributed by atoms with E-state index in [1.54, 1.807) is 12.1 Å². The van der Waals surface area contributed by atoms with Crippen molar-refractivity contribution in [1.29, 1.82) is 0 Å². The highest BCUT2D eigenvalue weighted by atomic mass is 19.1. The second-order valence-corrected chi connectivity index (χ2v) is 6.56. The van der Waals surface area contributed by atoms with Gasteiger partial charge in [0.15, 0.2) is 0 Å². The maximum Gasteiger partial charge on any atom is 0.222 e. The molecule has 0 amide bonds. The minimum Gasteiger partial charge on any atom is -0.383 e. The van der Waals surface area contributed by atoms with Gasteiger partial charge in [0, 0.05) is 5.56 Å². The largest absolute Gasteiger partial charge is 0.383 e. The van der Waals surface area contributed by atoms with Crippen LogP contribution in [-0.4, -0.2) is 9.97 Å². The van der Waals surface area contributed by atoms with Gasteiger partial charge in [-0.3, -0.25) is 0 Å². The van der Waals surface area contributed by atoms with Crippen molar-refractivity contribution < 1.29 is 4.39 Å². The van der Waals surface area contributed by atoms with Crippen LogP contribution in [0.1, 0.15) is 11.1 Å². The van der Waals surface area contributed by atoms with Crippen LogP contribution >= 0.6 is 0 Å². The number of nitrogens with two attached hydrogens (primary N) is 2. The Hall–Kier alpha value is -3.73. The highest BCUT2D eigenvalue weighted by Gasteiger charge is 2.15. The summed E-state index contributed by atoms with van der Waals surface area (Å²) in [7, 11) is 0. The van der Waals surface area contributed by atoms with Gasteiger partial charge in [-0.25, -0.2) is 9.37 Å². The van der Waals surface area contributed by atoms with E-state index in [9.17, 15) is 4.39 Å². The molecule has 4 aromatic rings. The number of hydrogen-bond donors (Lipinski definition) is 2. The van der Waals surface area contributed by atoms with Crippen LogP contribution in [0.5, 0.6) is 0 Å². The van der Waals surface area contributed by atoms with E-state index < -0.39 is 0 Å². The lowest BCUT2D eigenvalue weighted by molar-refractivity contribution is 0.627. The molecular formula is C23H19FN4. The molecule has 0 fully saturated rings. The molecule has 0 bridgehead atoms. The van der Waals surface area contributed by atoms with E-state index in [1.165, 1.54) is 12.1 Å². The Labute approximate surface area is 162 Å². The van der Waals surface area contributed by atoms with Crippen LogP contribution in [0.25, 0.3) is 22.4 Å². The molecule has 0 saturated carbocycles. The molecule has 0 radical (unpaired) electrons. The van der Waals surface area contributed by atoms with Crippen LogP contribution in [0.4, 0.5) is 16.2 Å². The van der Waals surface area contributed by atoms with Gasteiger partial charge in [0.1, 0.15) is 11.6 Å². The SMILES string of the molecule is Nc1nc(N)c(-c2ccc(Cc3ccc(F)cc3)cc2)c(-c2ccccc2)n1. The van der Waals surface area contributed by atoms with Gasteiger partial charge in [0.05, 0.1) is 11.3 Å². The zero-order valence-corrected chi connectivity index (χ0v) is 15.1. The Morgan fingerprint density at radius 1 is 0.679 bits per heavy atom. The Morgan fingerprint density at radius 2 is 1.29 bits per heavy atom. The van der Waals surface area contributed by atoms with Crippen molar-refractivity contribution in [3.05, 3.63) is 95.8 Å². The smallest absolute Gasteiger partial charge is 0.222 e. The van der Waals surface area contributed by atoms with E-state index >= 15 is 0 Å². The van der Waals surface area contributed by atoms with E-state index in [1.807, 2.05) is 54.6 Å². The fraction of sp³-hybridized carbons (Fsp3) is 0.0435. The first-order valence-electron chi connectivity index (χ1n) is 8.92. The van der Waals surface area contributed by atoms with Gasteiger partial charge >= 0.3 is 0 Å². The highest BCUT2D eigenvalue weighted by molar-refractivity contribution is 5.88. The molecule has 1 heterocycles. The summed E-state index contributed by atoms with van der Waals surface area (Å²) in [5.74, 6) is 0.261. The fourth-order valence-corrected chi connectivity index (χ4v) is 3.21. The normalized spacial score (nSPS) is 10.8. The third-order valence-electron chi connectivity index (χ3n) is 4.57. The Balaban J connectivity index is 1.70. The molecule has 138 valence electrons. The van der Waals surface area contributed by atoms with Crippen LogP contribution in [-0.2, 0) is 6.42 Å². The highest BCUT2D eigenvalue weighted by Crippen LogP contribution is 2.35. The summed E-state index contributed by atoms with van der Waals surface area (Å²) in [6.45, 7) is 0. The lowest BCUT2D eigenvalue weighted by atomic mass is 9.97. The van der Waals surface area contributed by atoms with Crippen LogP contribution < -0.4 is 11.5 Å². The fourth-order valence-electron chi connectivity index (χ4n) is 3.21. The Bertz CT molecular complexity index is 1090. The van der Waals surface area contributed by atoms with Gasteiger partial charge in [0.2, 0.25) is 5.95 Å². The van der Waals surface area contributed by atoms with Gasteiger partial charge in [-0.2, -0.15) is 4.98 Å². The van der Waals surface area contributed by atoms with Crippen molar-refractivity contribution in [2.45, 2.75) is 6.42 Å². The Kier molecular flexibility index (Phi) is 4.72. The van der Waals surface area contributed by atoms with E-state index in [0.29, 0.717) is 11.5 Å². The monoisotopic (exact) mass is 370 g/mol. The first-order chi connectivity index (χ1) is 13.6. The van der Waals surface area contributed by atoms with Crippen molar-refractivity contribution in [1.82, 2.24) is 9.97 Å². The average Bonchev–Trinajstić information content (AvgIpc) is 2.71. The predicted octanol–water partition coefficient (Wildman–Crippen LogP) is 4.70. The van der Waals surface area contributed by atoms with Gasteiger partial charge in [0.25, 0.3) is 0 Å². The van der Waals surface area contributed by atoms with Crippen LogP contribution in [0, 0.1) is 5.82 Å². The van der Waals surface area contributed by atoms with Gasteiger partial charge in [-0.05, 0) is 35.2 Å². The third kappa shape index (κ3) is 3.69. The van der Waals surface area contributed by atoms with Crippen molar-refractivity contribution >= 4 is 11.8 Å². The maximum atomic E-state index is 13.1. The number of rotatable bonds is 4. The van der Waals surface area contributed by atoms with Gasteiger partial charge < -0.3 is 11.5 Å². The second-order valence-electron chi connectivity index (χ2n) is 6.56. The second kappa shape index (κ2) is 7.48. The molecule has 0 unspecified atom stereocenters. The summed E-state index contributed by atoms with van der Waals surface area (Å²) in [5, 5.41) is 0. The van der Waals surface area contributed by atoms with Crippen molar-refractivity contribution in [3.8, 4) is 22.4 Å². The minimum atomic E-state index is -0.230. The van der Waals surface area contributed by atoms with Crippen LogP contribution in [0.3, 0.4) is 0 Å². The molecular weight excluding hydrogens is 351 g/mol. The number of nitrogen functional groups attached to an aromatic ring is 2. The molecule has 4 N–H and O–H groups in total. The molecule has 0 atom stereocenters. The van der Waals surface area contributed by atoms with Gasteiger partial charge in [-0.1, -0.05) is 66.7 Å². The summed E-state index contributed by atoms with van der Waals surface area (Å²) in [6, 6.07) is 24.4. The molecule has 4 rings (SSSR count). The number of benzene rings is 3. The molecule has 0 aliphatic rings. The molecule has 5 heteroatoms. The number of hydrogen-bond acceptors (Lipinski definition) is 4. The van der Waals surface area contributed by atoms with E-state index in [4.69, 9.17) is 11.5 Å².